The van der Waals surface area contributed by atoms with E-state index < -0.39 is 0 Å². The highest BCUT2D eigenvalue weighted by Crippen LogP contribution is 2.26. The van der Waals surface area contributed by atoms with Gasteiger partial charge in [0.15, 0.2) is 10.8 Å². The summed E-state index contributed by atoms with van der Waals surface area (Å²) in [5.74, 6) is 0.999. The molecule has 20 heavy (non-hydrogen) atoms. The van der Waals surface area contributed by atoms with E-state index in [0.29, 0.717) is 6.04 Å². The van der Waals surface area contributed by atoms with Crippen molar-refractivity contribution in [1.82, 2.24) is 19.9 Å². The molecule has 0 saturated carbocycles. The Morgan fingerprint density at radius 2 is 2.10 bits per heavy atom. The minimum atomic E-state index is 0.239. The molecule has 5 heteroatoms. The molecule has 0 bridgehead atoms. The van der Waals surface area contributed by atoms with Crippen molar-refractivity contribution >= 4 is 17.4 Å². The van der Waals surface area contributed by atoms with E-state index in [9.17, 15) is 0 Å². The van der Waals surface area contributed by atoms with Gasteiger partial charge in [-0.2, -0.15) is 0 Å². The lowest BCUT2D eigenvalue weighted by Crippen LogP contribution is -2.42. The van der Waals surface area contributed by atoms with Gasteiger partial charge in [-0.15, -0.1) is 10.2 Å². The van der Waals surface area contributed by atoms with Crippen molar-refractivity contribution < 1.29 is 0 Å². The van der Waals surface area contributed by atoms with E-state index in [-0.39, 0.29) is 5.41 Å². The number of hydrogen-bond acceptors (Lipinski definition) is 4. The summed E-state index contributed by atoms with van der Waals surface area (Å²) < 4.78 is 2.05. The fourth-order valence-electron chi connectivity index (χ4n) is 2.01. The van der Waals surface area contributed by atoms with Gasteiger partial charge in [-0.05, 0) is 30.5 Å². The van der Waals surface area contributed by atoms with Crippen molar-refractivity contribution in [3.8, 4) is 0 Å². The number of rotatable bonds is 6. The zero-order valence-corrected chi connectivity index (χ0v) is 13.6. The summed E-state index contributed by atoms with van der Waals surface area (Å²) in [6.45, 7) is 10.1. The Hall–Kier alpha value is -1.07. The number of thioether (sulfide) groups is 1. The predicted octanol–water partition coefficient (Wildman–Crippen LogP) is 3.24. The molecule has 0 spiro atoms. The summed E-state index contributed by atoms with van der Waals surface area (Å²) >= 11 is 1.77. The van der Waals surface area contributed by atoms with E-state index in [0.717, 1.165) is 29.5 Å². The highest BCUT2D eigenvalue weighted by Gasteiger charge is 2.24. The van der Waals surface area contributed by atoms with Gasteiger partial charge in [0.2, 0.25) is 0 Å². The number of nitrogens with one attached hydrogen (secondary N) is 1. The molecule has 0 aliphatic heterocycles. The fraction of sp³-hybridized carbons (Fsp3) is 0.600. The smallest absolute Gasteiger partial charge is 0.195 e. The molecule has 110 valence electrons. The third kappa shape index (κ3) is 3.73. The van der Waals surface area contributed by atoms with E-state index in [2.05, 4.69) is 43.2 Å². The molecule has 0 aromatic carbocycles. The molecule has 0 amide bonds. The minimum Gasteiger partial charge on any atom is -0.313 e. The van der Waals surface area contributed by atoms with Crippen LogP contribution in [-0.4, -0.2) is 32.9 Å². The van der Waals surface area contributed by atoms with Gasteiger partial charge in [-0.1, -0.05) is 45.5 Å². The molecule has 1 unspecified atom stereocenters. The first-order chi connectivity index (χ1) is 9.52. The van der Waals surface area contributed by atoms with Crippen LogP contribution >= 0.6 is 11.8 Å². The number of nitrogens with zero attached hydrogens (tertiary/aromatic N) is 3. The lowest BCUT2D eigenvalue weighted by Gasteiger charge is -2.31. The van der Waals surface area contributed by atoms with Crippen molar-refractivity contribution in [2.24, 2.45) is 5.41 Å². The van der Waals surface area contributed by atoms with E-state index in [1.54, 1.807) is 11.8 Å². The first-order valence-electron chi connectivity index (χ1n) is 7.18. The molecular weight excluding hydrogens is 268 g/mol. The lowest BCUT2D eigenvalue weighted by molar-refractivity contribution is 0.291. The van der Waals surface area contributed by atoms with Crippen molar-refractivity contribution in [1.29, 1.82) is 0 Å². The second-order valence-electron chi connectivity index (χ2n) is 6.10. The van der Waals surface area contributed by atoms with Crippen LogP contribution in [0.5, 0.6) is 0 Å². The van der Waals surface area contributed by atoms with Crippen molar-refractivity contribution in [3.05, 3.63) is 24.4 Å². The number of aromatic nitrogens is 3. The molecule has 4 nitrogen and oxygen atoms in total. The Balaban J connectivity index is 2.05. The zero-order valence-electron chi connectivity index (χ0n) is 12.8. The molecule has 2 aromatic heterocycles. The molecule has 0 aliphatic carbocycles. The first kappa shape index (κ1) is 15.3. The number of pyridine rings is 1. The van der Waals surface area contributed by atoms with Crippen LogP contribution in [0.3, 0.4) is 0 Å². The average Bonchev–Trinajstić information content (AvgIpc) is 2.81. The molecular formula is C15H24N4S. The van der Waals surface area contributed by atoms with Gasteiger partial charge in [0, 0.05) is 18.0 Å². The summed E-state index contributed by atoms with van der Waals surface area (Å²) in [4.78, 5) is 0. The first-order valence-corrected chi connectivity index (χ1v) is 8.17. The largest absolute Gasteiger partial charge is 0.313 e. The van der Waals surface area contributed by atoms with Crippen LogP contribution in [0.15, 0.2) is 29.6 Å². The van der Waals surface area contributed by atoms with Gasteiger partial charge < -0.3 is 5.32 Å². The van der Waals surface area contributed by atoms with Gasteiger partial charge in [-0.3, -0.25) is 4.40 Å². The Labute approximate surface area is 125 Å². The number of fused-ring (bicyclic) bond motifs is 1. The molecule has 0 saturated heterocycles. The second kappa shape index (κ2) is 6.59. The molecule has 1 N–H and O–H groups in total. The molecule has 0 aliphatic rings. The maximum Gasteiger partial charge on any atom is 0.195 e. The lowest BCUT2D eigenvalue weighted by atomic mass is 9.88. The van der Waals surface area contributed by atoms with Crippen LogP contribution in [0, 0.1) is 5.41 Å². The average molecular weight is 292 g/mol. The normalized spacial score (nSPS) is 13.8. The van der Waals surface area contributed by atoms with E-state index in [1.165, 1.54) is 0 Å². The number of hydrogen-bond donors (Lipinski definition) is 1. The maximum atomic E-state index is 4.28. The van der Waals surface area contributed by atoms with Crippen LogP contribution in [0.4, 0.5) is 0 Å². The minimum absolute atomic E-state index is 0.239. The molecule has 1 atom stereocenters. The highest BCUT2D eigenvalue weighted by atomic mass is 32.2. The molecule has 0 radical (unpaired) electrons. The molecule has 2 rings (SSSR count). The van der Waals surface area contributed by atoms with E-state index in [4.69, 9.17) is 0 Å². The van der Waals surface area contributed by atoms with E-state index in [1.807, 2.05) is 28.8 Å². The van der Waals surface area contributed by atoms with Gasteiger partial charge in [-0.25, -0.2) is 0 Å². The Bertz CT molecular complexity index is 544. The molecule has 0 fully saturated rings. The quantitative estimate of drug-likeness (QED) is 0.830. The van der Waals surface area contributed by atoms with Crippen LogP contribution in [0.2, 0.25) is 0 Å². The van der Waals surface area contributed by atoms with Crippen molar-refractivity contribution in [2.75, 3.05) is 12.3 Å². The molecule has 2 heterocycles. The second-order valence-corrected chi connectivity index (χ2v) is 7.08. The summed E-state index contributed by atoms with van der Waals surface area (Å²) in [5, 5.41) is 13.1. The molecule has 2 aromatic rings. The van der Waals surface area contributed by atoms with Crippen LogP contribution < -0.4 is 5.32 Å². The summed E-state index contributed by atoms with van der Waals surface area (Å²) in [6, 6.07) is 6.44. The summed E-state index contributed by atoms with van der Waals surface area (Å²) in [5.41, 5.74) is 1.15. The van der Waals surface area contributed by atoms with Crippen molar-refractivity contribution in [3.63, 3.8) is 0 Å². The predicted molar refractivity (Wildman–Crippen MR) is 85.2 cm³/mol. The van der Waals surface area contributed by atoms with Crippen LogP contribution in [0.25, 0.3) is 5.65 Å². The third-order valence-electron chi connectivity index (χ3n) is 3.35. The monoisotopic (exact) mass is 292 g/mol. The van der Waals surface area contributed by atoms with Crippen molar-refractivity contribution in [2.45, 2.75) is 45.3 Å². The topological polar surface area (TPSA) is 42.2 Å². The highest BCUT2D eigenvalue weighted by molar-refractivity contribution is 7.99. The zero-order chi connectivity index (χ0) is 14.6. The SMILES string of the molecule is CCCNC(CSc1nnc2ccccn12)C(C)(C)C. The standard InChI is InChI=1S/C15H24N4S/c1-5-9-16-12(15(2,3)4)11-20-14-18-17-13-8-6-7-10-19(13)14/h6-8,10,12,16H,5,9,11H2,1-4H3. The van der Waals surface area contributed by atoms with Gasteiger partial charge in [0.25, 0.3) is 0 Å². The van der Waals surface area contributed by atoms with E-state index >= 15 is 0 Å². The van der Waals surface area contributed by atoms with Gasteiger partial charge in [0.1, 0.15) is 0 Å². The Morgan fingerprint density at radius 1 is 1.30 bits per heavy atom. The van der Waals surface area contributed by atoms with Crippen LogP contribution in [-0.2, 0) is 0 Å². The van der Waals surface area contributed by atoms with Gasteiger partial charge in [0.05, 0.1) is 0 Å². The fourth-order valence-corrected chi connectivity index (χ4v) is 3.34. The maximum absolute atomic E-state index is 4.28. The van der Waals surface area contributed by atoms with Gasteiger partial charge >= 0.3 is 0 Å². The summed E-state index contributed by atoms with van der Waals surface area (Å²) in [6.07, 6.45) is 3.17. The van der Waals surface area contributed by atoms with Crippen LogP contribution in [0.1, 0.15) is 34.1 Å². The summed E-state index contributed by atoms with van der Waals surface area (Å²) in [7, 11) is 0. The Kier molecular flexibility index (Phi) is 5.05. The third-order valence-corrected chi connectivity index (χ3v) is 4.38. The Morgan fingerprint density at radius 3 is 2.80 bits per heavy atom.